The first-order valence-corrected chi connectivity index (χ1v) is 4.18. The number of hydrogen-bond donors (Lipinski definition) is 1. The number of nitrogens with two attached hydrogens (primary N) is 1. The predicted octanol–water partition coefficient (Wildman–Crippen LogP) is 2.96. The van der Waals surface area contributed by atoms with E-state index in [1.807, 2.05) is 0 Å². The van der Waals surface area contributed by atoms with Gasteiger partial charge in [0.25, 0.3) is 0 Å². The first-order valence-electron chi connectivity index (χ1n) is 2.99. The number of alkyl halides is 3. The third kappa shape index (κ3) is 2.12. The van der Waals surface area contributed by atoms with Gasteiger partial charge in [-0.1, -0.05) is 11.6 Å². The summed E-state index contributed by atoms with van der Waals surface area (Å²) in [6.45, 7) is 0. The molecule has 0 radical (unpaired) electrons. The van der Waals surface area contributed by atoms with Gasteiger partial charge < -0.3 is 5.73 Å². The highest BCUT2D eigenvalue weighted by molar-refractivity contribution is 7.16. The van der Waals surface area contributed by atoms with E-state index in [4.69, 9.17) is 17.3 Å². The summed E-state index contributed by atoms with van der Waals surface area (Å²) >= 11 is 6.29. The molecule has 0 aromatic carbocycles. The summed E-state index contributed by atoms with van der Waals surface area (Å²) in [5, 5.41) is 0. The van der Waals surface area contributed by atoms with Crippen LogP contribution in [0.4, 0.5) is 13.2 Å². The molecule has 0 saturated heterocycles. The molecule has 6 heteroatoms. The second-order valence-electron chi connectivity index (χ2n) is 2.16. The molecule has 0 amide bonds. The lowest BCUT2D eigenvalue weighted by atomic mass is 10.2. The molecule has 0 bridgehead atoms. The van der Waals surface area contributed by atoms with Gasteiger partial charge in [0.05, 0.1) is 4.34 Å². The van der Waals surface area contributed by atoms with Crippen molar-refractivity contribution in [3.05, 3.63) is 21.3 Å². The van der Waals surface area contributed by atoms with Crippen LogP contribution >= 0.6 is 22.9 Å². The molecule has 0 spiro atoms. The van der Waals surface area contributed by atoms with Gasteiger partial charge in [-0.2, -0.15) is 13.2 Å². The highest BCUT2D eigenvalue weighted by Crippen LogP contribution is 2.35. The van der Waals surface area contributed by atoms with Crippen LogP contribution in [0.3, 0.4) is 0 Å². The van der Waals surface area contributed by atoms with Crippen LogP contribution in [0.15, 0.2) is 12.1 Å². The topological polar surface area (TPSA) is 26.0 Å². The fourth-order valence-electron chi connectivity index (χ4n) is 0.657. The van der Waals surface area contributed by atoms with Gasteiger partial charge in [-0.05, 0) is 12.1 Å². The zero-order valence-electron chi connectivity index (χ0n) is 5.73. The molecule has 1 aromatic rings. The molecule has 0 unspecified atom stereocenters. The van der Waals surface area contributed by atoms with E-state index in [0.29, 0.717) is 4.34 Å². The first-order chi connectivity index (χ1) is 5.41. The van der Waals surface area contributed by atoms with Crippen molar-refractivity contribution < 1.29 is 13.2 Å². The highest BCUT2D eigenvalue weighted by atomic mass is 35.5. The van der Waals surface area contributed by atoms with Crippen LogP contribution in [-0.2, 0) is 0 Å². The molecule has 1 rings (SSSR count). The molecule has 0 aliphatic heterocycles. The molecule has 0 saturated carbocycles. The lowest BCUT2D eigenvalue weighted by Gasteiger charge is -2.12. The Bertz CT molecular complexity index is 270. The van der Waals surface area contributed by atoms with E-state index in [1.165, 1.54) is 12.1 Å². The number of rotatable bonds is 1. The molecule has 1 heterocycles. The fraction of sp³-hybridized carbons (Fsp3) is 0.333. The van der Waals surface area contributed by atoms with Gasteiger partial charge in [0.15, 0.2) is 0 Å². The monoisotopic (exact) mass is 215 g/mol. The van der Waals surface area contributed by atoms with Crippen molar-refractivity contribution in [3.63, 3.8) is 0 Å². The molecule has 1 aromatic heterocycles. The summed E-state index contributed by atoms with van der Waals surface area (Å²) in [6.07, 6.45) is -4.39. The summed E-state index contributed by atoms with van der Waals surface area (Å²) < 4.78 is 36.3. The van der Waals surface area contributed by atoms with Gasteiger partial charge in [-0.3, -0.25) is 0 Å². The molecule has 0 aliphatic carbocycles. The lowest BCUT2D eigenvalue weighted by Crippen LogP contribution is -2.27. The molecule has 0 fully saturated rings. The van der Waals surface area contributed by atoms with Crippen LogP contribution in [0.25, 0.3) is 0 Å². The third-order valence-corrected chi connectivity index (χ3v) is 2.57. The Hall–Kier alpha value is -0.260. The minimum Gasteiger partial charge on any atom is -0.316 e. The van der Waals surface area contributed by atoms with E-state index in [9.17, 15) is 13.2 Å². The van der Waals surface area contributed by atoms with Crippen molar-refractivity contribution in [2.75, 3.05) is 0 Å². The standard InChI is InChI=1S/C6H5ClF3NS/c7-4-2-1-3(12-4)5(11)6(8,9)10/h1-2,5H,11H2/t5-/m0/s1. The molecular weight excluding hydrogens is 211 g/mol. The normalized spacial score (nSPS) is 14.8. The minimum absolute atomic E-state index is 0.0347. The van der Waals surface area contributed by atoms with Crippen LogP contribution in [0.5, 0.6) is 0 Å². The Labute approximate surface area is 75.9 Å². The Morgan fingerprint density at radius 2 is 2.00 bits per heavy atom. The molecule has 68 valence electrons. The number of halogens is 4. The third-order valence-electron chi connectivity index (χ3n) is 1.25. The van der Waals surface area contributed by atoms with Crippen molar-refractivity contribution in [1.82, 2.24) is 0 Å². The van der Waals surface area contributed by atoms with Crippen molar-refractivity contribution in [2.45, 2.75) is 12.2 Å². The first kappa shape index (κ1) is 9.83. The van der Waals surface area contributed by atoms with Crippen molar-refractivity contribution in [1.29, 1.82) is 0 Å². The van der Waals surface area contributed by atoms with E-state index in [-0.39, 0.29) is 4.88 Å². The van der Waals surface area contributed by atoms with E-state index < -0.39 is 12.2 Å². The molecule has 1 atom stereocenters. The summed E-state index contributed by atoms with van der Waals surface area (Å²) in [4.78, 5) is 0.0347. The van der Waals surface area contributed by atoms with Gasteiger partial charge in [0.1, 0.15) is 6.04 Å². The zero-order valence-corrected chi connectivity index (χ0v) is 7.30. The van der Waals surface area contributed by atoms with Gasteiger partial charge in [0.2, 0.25) is 0 Å². The summed E-state index contributed by atoms with van der Waals surface area (Å²) in [6, 6.07) is 0.758. The second kappa shape index (κ2) is 3.24. The maximum Gasteiger partial charge on any atom is 0.408 e. The van der Waals surface area contributed by atoms with E-state index in [0.717, 1.165) is 11.3 Å². The van der Waals surface area contributed by atoms with Crippen LogP contribution in [-0.4, -0.2) is 6.18 Å². The quantitative estimate of drug-likeness (QED) is 0.766. The molecule has 1 nitrogen and oxygen atoms in total. The molecule has 12 heavy (non-hydrogen) atoms. The van der Waals surface area contributed by atoms with Crippen LogP contribution in [0, 0.1) is 0 Å². The van der Waals surface area contributed by atoms with Gasteiger partial charge >= 0.3 is 6.18 Å². The van der Waals surface area contributed by atoms with Crippen LogP contribution in [0.2, 0.25) is 4.34 Å². The SMILES string of the molecule is N[C@@H](c1ccc(Cl)s1)C(F)(F)F. The Balaban J connectivity index is 2.85. The minimum atomic E-state index is -4.39. The number of thiophene rings is 1. The van der Waals surface area contributed by atoms with Crippen LogP contribution < -0.4 is 5.73 Å². The van der Waals surface area contributed by atoms with Gasteiger partial charge in [-0.25, -0.2) is 0 Å². The van der Waals surface area contributed by atoms with Crippen LogP contribution in [0.1, 0.15) is 10.9 Å². The largest absolute Gasteiger partial charge is 0.408 e. The zero-order chi connectivity index (χ0) is 9.35. The average molecular weight is 216 g/mol. The average Bonchev–Trinajstić information content (AvgIpc) is 2.32. The summed E-state index contributed by atoms with van der Waals surface area (Å²) in [5.74, 6) is 0. The summed E-state index contributed by atoms with van der Waals surface area (Å²) in [5.41, 5.74) is 4.91. The van der Waals surface area contributed by atoms with Crippen molar-refractivity contribution in [3.8, 4) is 0 Å². The van der Waals surface area contributed by atoms with Gasteiger partial charge in [0, 0.05) is 4.88 Å². The Morgan fingerprint density at radius 3 is 2.33 bits per heavy atom. The maximum atomic E-state index is 12.0. The fourth-order valence-corrected chi connectivity index (χ4v) is 1.74. The lowest BCUT2D eigenvalue weighted by molar-refractivity contribution is -0.148. The molecule has 2 N–H and O–H groups in total. The van der Waals surface area contributed by atoms with Crippen molar-refractivity contribution >= 4 is 22.9 Å². The Morgan fingerprint density at radius 1 is 1.42 bits per heavy atom. The van der Waals surface area contributed by atoms with Crippen molar-refractivity contribution in [2.24, 2.45) is 5.73 Å². The molecule has 0 aliphatic rings. The van der Waals surface area contributed by atoms with E-state index in [1.54, 1.807) is 0 Å². The van der Waals surface area contributed by atoms with E-state index >= 15 is 0 Å². The smallest absolute Gasteiger partial charge is 0.316 e. The highest BCUT2D eigenvalue weighted by Gasteiger charge is 2.38. The van der Waals surface area contributed by atoms with Gasteiger partial charge in [-0.15, -0.1) is 11.3 Å². The molecular formula is C6H5ClF3NS. The van der Waals surface area contributed by atoms with E-state index in [2.05, 4.69) is 0 Å². The Kier molecular flexibility index (Phi) is 2.65. The number of hydrogen-bond acceptors (Lipinski definition) is 2. The summed E-state index contributed by atoms with van der Waals surface area (Å²) in [7, 11) is 0. The predicted molar refractivity (Wildman–Crippen MR) is 42.3 cm³/mol. The maximum absolute atomic E-state index is 12.0. The second-order valence-corrected chi connectivity index (χ2v) is 3.91.